The lowest BCUT2D eigenvalue weighted by Crippen LogP contribution is -2.11. The third-order valence-corrected chi connectivity index (χ3v) is 4.59. The van der Waals surface area contributed by atoms with E-state index in [1.165, 1.54) is 37.0 Å². The predicted octanol–water partition coefficient (Wildman–Crippen LogP) is 3.99. The first-order chi connectivity index (χ1) is 8.66. The number of carbonyl (C=O) groups is 1. The summed E-state index contributed by atoms with van der Waals surface area (Å²) in [6, 6.07) is 1.75. The van der Waals surface area contributed by atoms with Gasteiger partial charge in [-0.05, 0) is 31.4 Å². The molecule has 0 aromatic carbocycles. The van der Waals surface area contributed by atoms with Crippen molar-refractivity contribution in [2.75, 3.05) is 0 Å². The van der Waals surface area contributed by atoms with Gasteiger partial charge in [0.1, 0.15) is 4.88 Å². The van der Waals surface area contributed by atoms with Gasteiger partial charge in [0.2, 0.25) is 0 Å². The second-order valence-corrected chi connectivity index (χ2v) is 6.18. The van der Waals surface area contributed by atoms with Crippen LogP contribution in [0.15, 0.2) is 6.07 Å². The number of aromatic carboxylic acids is 1. The molecule has 0 spiro atoms. The molecule has 1 aliphatic carbocycles. The van der Waals surface area contributed by atoms with E-state index in [4.69, 9.17) is 9.84 Å². The lowest BCUT2D eigenvalue weighted by molar-refractivity contribution is 0.0309. The summed E-state index contributed by atoms with van der Waals surface area (Å²) >= 11 is 1.33. The summed E-state index contributed by atoms with van der Waals surface area (Å²) < 4.78 is 5.94. The van der Waals surface area contributed by atoms with E-state index in [1.807, 2.05) is 6.92 Å². The average Bonchev–Trinajstić information content (AvgIpc) is 2.56. The maximum atomic E-state index is 10.9. The summed E-state index contributed by atoms with van der Waals surface area (Å²) in [4.78, 5) is 12.4. The van der Waals surface area contributed by atoms with Crippen LogP contribution in [-0.2, 0) is 11.3 Å². The van der Waals surface area contributed by atoms with Crippen LogP contribution in [0.1, 0.15) is 58.6 Å². The van der Waals surface area contributed by atoms with Gasteiger partial charge in [-0.25, -0.2) is 4.79 Å². The number of ether oxygens (including phenoxy) is 1. The Morgan fingerprint density at radius 3 is 2.61 bits per heavy atom. The van der Waals surface area contributed by atoms with Gasteiger partial charge in [-0.15, -0.1) is 11.3 Å². The third-order valence-electron chi connectivity index (χ3n) is 3.51. The number of carboxylic acids is 1. The van der Waals surface area contributed by atoms with E-state index in [0.717, 1.165) is 23.3 Å². The molecule has 0 bridgehead atoms. The molecule has 0 atom stereocenters. The molecule has 1 aromatic heterocycles. The zero-order valence-corrected chi connectivity index (χ0v) is 11.6. The molecule has 1 N–H and O–H groups in total. The molecule has 0 aliphatic heterocycles. The Labute approximate surface area is 112 Å². The molecule has 2 rings (SSSR count). The normalized spacial score (nSPS) is 17.6. The van der Waals surface area contributed by atoms with Crippen LogP contribution in [0.2, 0.25) is 0 Å². The largest absolute Gasteiger partial charge is 0.477 e. The molecule has 1 aromatic rings. The van der Waals surface area contributed by atoms with Crippen LogP contribution in [-0.4, -0.2) is 17.2 Å². The van der Waals surface area contributed by atoms with Crippen LogP contribution in [0.5, 0.6) is 0 Å². The van der Waals surface area contributed by atoms with Gasteiger partial charge >= 0.3 is 5.97 Å². The highest BCUT2D eigenvalue weighted by Gasteiger charge is 2.15. The summed E-state index contributed by atoms with van der Waals surface area (Å²) in [6.07, 6.45) is 7.81. The van der Waals surface area contributed by atoms with Crippen LogP contribution in [0.3, 0.4) is 0 Å². The smallest absolute Gasteiger partial charge is 0.345 e. The van der Waals surface area contributed by atoms with Crippen LogP contribution in [0.25, 0.3) is 0 Å². The maximum absolute atomic E-state index is 10.9. The van der Waals surface area contributed by atoms with E-state index in [0.29, 0.717) is 17.6 Å². The fraction of sp³-hybridized carbons (Fsp3) is 0.643. The minimum atomic E-state index is -0.844. The van der Waals surface area contributed by atoms with Crippen LogP contribution in [0.4, 0.5) is 0 Å². The lowest BCUT2D eigenvalue weighted by Gasteiger charge is -2.15. The zero-order valence-electron chi connectivity index (χ0n) is 10.8. The van der Waals surface area contributed by atoms with E-state index in [1.54, 1.807) is 6.07 Å². The first-order valence-electron chi connectivity index (χ1n) is 6.61. The second-order valence-electron chi connectivity index (χ2n) is 4.92. The van der Waals surface area contributed by atoms with Crippen LogP contribution < -0.4 is 0 Å². The Bertz CT molecular complexity index is 403. The van der Waals surface area contributed by atoms with Gasteiger partial charge in [0.05, 0.1) is 12.7 Å². The third kappa shape index (κ3) is 3.56. The SMILES string of the molecule is Cc1sc(C(=O)O)cc1COC1CCCCCC1. The summed E-state index contributed by atoms with van der Waals surface area (Å²) in [5, 5.41) is 8.95. The fourth-order valence-corrected chi connectivity index (χ4v) is 3.25. The van der Waals surface area contributed by atoms with E-state index < -0.39 is 5.97 Å². The van der Waals surface area contributed by atoms with Crippen molar-refractivity contribution in [1.29, 1.82) is 0 Å². The molecule has 100 valence electrons. The van der Waals surface area contributed by atoms with Gasteiger partial charge in [0.25, 0.3) is 0 Å². The van der Waals surface area contributed by atoms with Crippen molar-refractivity contribution in [3.05, 3.63) is 21.4 Å². The van der Waals surface area contributed by atoms with Gasteiger partial charge < -0.3 is 9.84 Å². The van der Waals surface area contributed by atoms with Crippen LogP contribution >= 0.6 is 11.3 Å². The Balaban J connectivity index is 1.90. The molecule has 1 aliphatic rings. The Hall–Kier alpha value is -0.870. The van der Waals surface area contributed by atoms with Gasteiger partial charge in [0.15, 0.2) is 0 Å². The van der Waals surface area contributed by atoms with E-state index in [9.17, 15) is 4.79 Å². The van der Waals surface area contributed by atoms with Crippen molar-refractivity contribution in [1.82, 2.24) is 0 Å². The van der Waals surface area contributed by atoms with Gasteiger partial charge in [-0.1, -0.05) is 25.7 Å². The van der Waals surface area contributed by atoms with Crippen molar-refractivity contribution in [2.24, 2.45) is 0 Å². The van der Waals surface area contributed by atoms with Gasteiger partial charge in [-0.2, -0.15) is 0 Å². The molecule has 1 fully saturated rings. The number of hydrogen-bond acceptors (Lipinski definition) is 3. The summed E-state index contributed by atoms with van der Waals surface area (Å²) in [5.41, 5.74) is 1.03. The fourth-order valence-electron chi connectivity index (χ4n) is 2.38. The highest BCUT2D eigenvalue weighted by atomic mass is 32.1. The summed E-state index contributed by atoms with van der Waals surface area (Å²) in [6.45, 7) is 2.52. The van der Waals surface area contributed by atoms with Gasteiger partial charge in [0, 0.05) is 4.88 Å². The summed E-state index contributed by atoms with van der Waals surface area (Å²) in [5.74, 6) is -0.844. The quantitative estimate of drug-likeness (QED) is 0.840. The first kappa shape index (κ1) is 13.6. The van der Waals surface area contributed by atoms with Crippen molar-refractivity contribution in [3.63, 3.8) is 0 Å². The van der Waals surface area contributed by atoms with E-state index in [-0.39, 0.29) is 0 Å². The summed E-state index contributed by atoms with van der Waals surface area (Å²) in [7, 11) is 0. The van der Waals surface area contributed by atoms with Crippen molar-refractivity contribution in [3.8, 4) is 0 Å². The minimum absolute atomic E-state index is 0.361. The van der Waals surface area contributed by atoms with Crippen molar-refractivity contribution < 1.29 is 14.6 Å². The molecule has 0 amide bonds. The zero-order chi connectivity index (χ0) is 13.0. The van der Waals surface area contributed by atoms with Crippen LogP contribution in [0, 0.1) is 6.92 Å². The Kier molecular flexibility index (Phi) is 4.78. The molecular weight excluding hydrogens is 248 g/mol. The topological polar surface area (TPSA) is 46.5 Å². The molecule has 0 radical (unpaired) electrons. The molecule has 3 nitrogen and oxygen atoms in total. The number of thiophene rings is 1. The molecule has 0 unspecified atom stereocenters. The number of rotatable bonds is 4. The predicted molar refractivity (Wildman–Crippen MR) is 72.3 cm³/mol. The van der Waals surface area contributed by atoms with Crippen molar-refractivity contribution in [2.45, 2.75) is 58.2 Å². The van der Waals surface area contributed by atoms with Crippen molar-refractivity contribution >= 4 is 17.3 Å². The highest BCUT2D eigenvalue weighted by Crippen LogP contribution is 2.25. The van der Waals surface area contributed by atoms with Gasteiger partial charge in [-0.3, -0.25) is 0 Å². The number of aryl methyl sites for hydroxylation is 1. The Morgan fingerprint density at radius 2 is 2.06 bits per heavy atom. The second kappa shape index (κ2) is 6.34. The Morgan fingerprint density at radius 1 is 1.39 bits per heavy atom. The monoisotopic (exact) mass is 268 g/mol. The average molecular weight is 268 g/mol. The molecule has 1 saturated carbocycles. The molecule has 1 heterocycles. The molecular formula is C14H20O3S. The maximum Gasteiger partial charge on any atom is 0.345 e. The minimum Gasteiger partial charge on any atom is -0.477 e. The highest BCUT2D eigenvalue weighted by molar-refractivity contribution is 7.14. The standard InChI is InChI=1S/C14H20O3S/c1-10-11(8-13(18-10)14(15)16)9-17-12-6-4-2-3-5-7-12/h8,12H,2-7,9H2,1H3,(H,15,16). The molecule has 0 saturated heterocycles. The number of carboxylic acid groups (broad SMARTS) is 1. The number of hydrogen-bond donors (Lipinski definition) is 1. The van der Waals surface area contributed by atoms with E-state index in [2.05, 4.69) is 0 Å². The lowest BCUT2D eigenvalue weighted by atomic mass is 10.1. The first-order valence-corrected chi connectivity index (χ1v) is 7.42. The van der Waals surface area contributed by atoms with E-state index >= 15 is 0 Å². The molecule has 4 heteroatoms. The molecule has 18 heavy (non-hydrogen) atoms.